The Balaban J connectivity index is 2.02. The number of ether oxygens (including phenoxy) is 2. The van der Waals surface area contributed by atoms with Gasteiger partial charge in [0.15, 0.2) is 6.10 Å². The van der Waals surface area contributed by atoms with Crippen LogP contribution in [0.3, 0.4) is 0 Å². The van der Waals surface area contributed by atoms with Gasteiger partial charge in [-0.05, 0) is 29.5 Å². The van der Waals surface area contributed by atoms with Crippen LogP contribution in [0.5, 0.6) is 5.75 Å². The third-order valence-electron chi connectivity index (χ3n) is 6.10. The standard InChI is InChI=1S/C28H44N2O7S/c1-6-7-15-37-20-10-8-19(9-11-20)17-30-14-16-38-18-21(27(30)35)29-26(34)25(36-5)24(33)23(32)22(31)12-13-28(2,3)4/h8-13,21-25,31-33H,6-7,14-18H2,1-5H3,(H,29,34)/b13-12+/t21-,22+,23-,24+,25+/m0/s1. The second-order valence-corrected chi connectivity index (χ2v) is 11.7. The van der Waals surface area contributed by atoms with Crippen molar-refractivity contribution >= 4 is 23.6 Å². The molecule has 5 atom stereocenters. The summed E-state index contributed by atoms with van der Waals surface area (Å²) in [4.78, 5) is 28.0. The van der Waals surface area contributed by atoms with Crippen LogP contribution in [0.4, 0.5) is 0 Å². The summed E-state index contributed by atoms with van der Waals surface area (Å²) in [6.45, 7) is 9.47. The average molecular weight is 553 g/mol. The molecule has 2 rings (SSSR count). The van der Waals surface area contributed by atoms with E-state index >= 15 is 0 Å². The van der Waals surface area contributed by atoms with Gasteiger partial charge in [-0.3, -0.25) is 9.59 Å². The highest BCUT2D eigenvalue weighted by Gasteiger charge is 2.38. The zero-order valence-corrected chi connectivity index (χ0v) is 23.9. The molecule has 1 aliphatic rings. The highest BCUT2D eigenvalue weighted by molar-refractivity contribution is 7.99. The summed E-state index contributed by atoms with van der Waals surface area (Å²) in [5, 5.41) is 34.0. The van der Waals surface area contributed by atoms with Crippen LogP contribution in [0, 0.1) is 5.41 Å². The number of unbranched alkanes of at least 4 members (excludes halogenated alkanes) is 1. The van der Waals surface area contributed by atoms with Crippen LogP contribution in [0.25, 0.3) is 0 Å². The number of amides is 2. The minimum absolute atomic E-state index is 0.232. The van der Waals surface area contributed by atoms with Gasteiger partial charge in [-0.2, -0.15) is 11.8 Å². The number of nitrogens with one attached hydrogen (secondary N) is 1. The lowest BCUT2D eigenvalue weighted by molar-refractivity contribution is -0.151. The summed E-state index contributed by atoms with van der Waals surface area (Å²) in [5.74, 6) is 0.912. The maximum atomic E-state index is 13.3. The predicted octanol–water partition coefficient (Wildman–Crippen LogP) is 2.13. The Morgan fingerprint density at radius 3 is 2.50 bits per heavy atom. The average Bonchev–Trinajstić information content (AvgIpc) is 3.04. The van der Waals surface area contributed by atoms with Gasteiger partial charge in [0.1, 0.15) is 30.1 Å². The molecule has 1 aliphatic heterocycles. The van der Waals surface area contributed by atoms with Crippen LogP contribution in [-0.4, -0.2) is 94.3 Å². The Kier molecular flexibility index (Phi) is 13.1. The molecule has 0 bridgehead atoms. The zero-order valence-electron chi connectivity index (χ0n) is 23.1. The van der Waals surface area contributed by atoms with E-state index < -0.39 is 36.4 Å². The van der Waals surface area contributed by atoms with E-state index in [0.717, 1.165) is 29.9 Å². The van der Waals surface area contributed by atoms with Crippen molar-refractivity contribution in [2.75, 3.05) is 31.8 Å². The van der Waals surface area contributed by atoms with E-state index in [-0.39, 0.29) is 11.3 Å². The molecule has 1 heterocycles. The lowest BCUT2D eigenvalue weighted by Gasteiger charge is -2.29. The van der Waals surface area contributed by atoms with Crippen LogP contribution in [0.2, 0.25) is 0 Å². The van der Waals surface area contributed by atoms with Crippen LogP contribution >= 0.6 is 11.8 Å². The van der Waals surface area contributed by atoms with Crippen LogP contribution < -0.4 is 10.1 Å². The largest absolute Gasteiger partial charge is 0.494 e. The van der Waals surface area contributed by atoms with E-state index in [9.17, 15) is 24.9 Å². The topological polar surface area (TPSA) is 129 Å². The fourth-order valence-corrected chi connectivity index (χ4v) is 4.80. The molecule has 2 amide bonds. The number of rotatable bonds is 13. The molecule has 1 aromatic rings. The van der Waals surface area contributed by atoms with Gasteiger partial charge in [0, 0.05) is 31.7 Å². The Hall–Kier alpha value is -2.11. The van der Waals surface area contributed by atoms with E-state index in [4.69, 9.17) is 9.47 Å². The molecule has 0 radical (unpaired) electrons. The molecule has 38 heavy (non-hydrogen) atoms. The van der Waals surface area contributed by atoms with Gasteiger partial charge >= 0.3 is 0 Å². The summed E-state index contributed by atoms with van der Waals surface area (Å²) >= 11 is 1.55. The Morgan fingerprint density at radius 2 is 1.89 bits per heavy atom. The van der Waals surface area contributed by atoms with Gasteiger partial charge < -0.3 is 35.0 Å². The maximum absolute atomic E-state index is 13.3. The van der Waals surface area contributed by atoms with Crippen LogP contribution in [0.1, 0.15) is 46.1 Å². The molecule has 9 nitrogen and oxygen atoms in total. The number of hydrogen-bond acceptors (Lipinski definition) is 8. The normalized spacial score (nSPS) is 20.1. The molecule has 0 spiro atoms. The van der Waals surface area contributed by atoms with E-state index in [1.165, 1.54) is 13.2 Å². The number of nitrogens with zero attached hydrogens (tertiary/aromatic N) is 1. The highest BCUT2D eigenvalue weighted by Crippen LogP contribution is 2.20. The number of allylic oxidation sites excluding steroid dienone is 1. The lowest BCUT2D eigenvalue weighted by Crippen LogP contribution is -2.56. The molecule has 1 aromatic carbocycles. The summed E-state index contributed by atoms with van der Waals surface area (Å²) in [6, 6.07) is 6.82. The van der Waals surface area contributed by atoms with Crippen molar-refractivity contribution in [1.82, 2.24) is 10.2 Å². The fraction of sp³-hybridized carbons (Fsp3) is 0.643. The summed E-state index contributed by atoms with van der Waals surface area (Å²) in [7, 11) is 1.23. The van der Waals surface area contributed by atoms with Crippen molar-refractivity contribution in [3.63, 3.8) is 0 Å². The van der Waals surface area contributed by atoms with Crippen molar-refractivity contribution in [1.29, 1.82) is 0 Å². The van der Waals surface area contributed by atoms with Gasteiger partial charge in [-0.1, -0.05) is 58.4 Å². The molecule has 0 saturated carbocycles. The second-order valence-electron chi connectivity index (χ2n) is 10.6. The second kappa shape index (κ2) is 15.5. The first kappa shape index (κ1) is 32.1. The zero-order chi connectivity index (χ0) is 28.3. The van der Waals surface area contributed by atoms with Gasteiger partial charge in [0.05, 0.1) is 6.61 Å². The number of thioether (sulfide) groups is 1. The molecule has 0 aromatic heterocycles. The fourth-order valence-electron chi connectivity index (χ4n) is 3.82. The first-order valence-corrected chi connectivity index (χ1v) is 14.3. The number of aliphatic hydroxyl groups is 3. The SMILES string of the molecule is CCCCOc1ccc(CN2CCSC[C@H](NC(=O)[C@H](OC)[C@H](O)[C@@H](O)[C@H](O)/C=C/C(C)(C)C)C2=O)cc1. The number of carbonyl (C=O) groups excluding carboxylic acids is 2. The number of methoxy groups -OCH3 is 1. The Morgan fingerprint density at radius 1 is 1.21 bits per heavy atom. The van der Waals surface area contributed by atoms with E-state index in [1.54, 1.807) is 22.7 Å². The van der Waals surface area contributed by atoms with E-state index in [2.05, 4.69) is 12.2 Å². The molecule has 1 saturated heterocycles. The molecule has 0 aliphatic carbocycles. The molecule has 4 N–H and O–H groups in total. The number of carbonyl (C=O) groups is 2. The van der Waals surface area contributed by atoms with Crippen molar-refractivity contribution in [3.05, 3.63) is 42.0 Å². The maximum Gasteiger partial charge on any atom is 0.252 e. The molecule has 214 valence electrons. The van der Waals surface area contributed by atoms with E-state index in [1.807, 2.05) is 45.0 Å². The molecule has 1 fully saturated rings. The summed E-state index contributed by atoms with van der Waals surface area (Å²) < 4.78 is 10.9. The molecular formula is C28H44N2O7S. The first-order chi connectivity index (χ1) is 18.0. The summed E-state index contributed by atoms with van der Waals surface area (Å²) in [6.07, 6.45) is -1.10. The smallest absolute Gasteiger partial charge is 0.252 e. The molecule has 0 unspecified atom stereocenters. The number of benzene rings is 1. The van der Waals surface area contributed by atoms with Crippen molar-refractivity contribution in [2.24, 2.45) is 5.41 Å². The van der Waals surface area contributed by atoms with Gasteiger partial charge in [0.25, 0.3) is 5.91 Å². The monoisotopic (exact) mass is 552 g/mol. The van der Waals surface area contributed by atoms with Crippen molar-refractivity contribution in [2.45, 2.75) is 77.5 Å². The first-order valence-electron chi connectivity index (χ1n) is 13.1. The van der Waals surface area contributed by atoms with Crippen molar-refractivity contribution in [3.8, 4) is 5.75 Å². The quantitative estimate of drug-likeness (QED) is 0.216. The van der Waals surface area contributed by atoms with Crippen LogP contribution in [0.15, 0.2) is 36.4 Å². The Bertz CT molecular complexity index is 903. The van der Waals surface area contributed by atoms with E-state index in [0.29, 0.717) is 25.4 Å². The summed E-state index contributed by atoms with van der Waals surface area (Å²) in [5.41, 5.74) is 0.709. The van der Waals surface area contributed by atoms with Gasteiger partial charge in [0.2, 0.25) is 5.91 Å². The van der Waals surface area contributed by atoms with Gasteiger partial charge in [-0.25, -0.2) is 0 Å². The minimum Gasteiger partial charge on any atom is -0.494 e. The minimum atomic E-state index is -1.71. The van der Waals surface area contributed by atoms with Crippen LogP contribution in [-0.2, 0) is 20.9 Å². The highest BCUT2D eigenvalue weighted by atomic mass is 32.2. The number of hydrogen-bond donors (Lipinski definition) is 4. The molecular weight excluding hydrogens is 508 g/mol. The van der Waals surface area contributed by atoms with Crippen molar-refractivity contribution < 1.29 is 34.4 Å². The Labute approximate surface area is 230 Å². The third-order valence-corrected chi connectivity index (χ3v) is 7.14. The lowest BCUT2D eigenvalue weighted by atomic mass is 9.94. The third kappa shape index (κ3) is 10.2. The predicted molar refractivity (Wildman–Crippen MR) is 149 cm³/mol. The molecule has 10 heteroatoms. The number of aliphatic hydroxyl groups excluding tert-OH is 3. The van der Waals surface area contributed by atoms with Gasteiger partial charge in [-0.15, -0.1) is 0 Å².